The molecule has 1 heterocycles. The highest BCUT2D eigenvalue weighted by Crippen LogP contribution is 2.22. The molecule has 2 rings (SSSR count). The maximum absolute atomic E-state index is 12.9. The van der Waals surface area contributed by atoms with Crippen LogP contribution in [-0.4, -0.2) is 21.0 Å². The summed E-state index contributed by atoms with van der Waals surface area (Å²) in [6.45, 7) is 1.73. The second-order valence-corrected chi connectivity index (χ2v) is 3.91. The van der Waals surface area contributed by atoms with Gasteiger partial charge >= 0.3 is 11.7 Å². The molecule has 1 aromatic carbocycles. The van der Waals surface area contributed by atoms with Gasteiger partial charge in [0.1, 0.15) is 11.4 Å². The summed E-state index contributed by atoms with van der Waals surface area (Å²) in [5.41, 5.74) is 0.0504. The van der Waals surface area contributed by atoms with E-state index in [2.05, 4.69) is 9.97 Å². The van der Waals surface area contributed by atoms with Gasteiger partial charge in [-0.2, -0.15) is 4.98 Å². The standard InChI is InChI=1S/C13H11FN2O3/c1-2-9-10(12(17)18)11(16-13(19)15-9)7-3-5-8(14)6-4-7/h3-6H,2H2,1H3,(H,17,18)(H,15,16,19). The van der Waals surface area contributed by atoms with Crippen molar-refractivity contribution in [2.75, 3.05) is 0 Å². The summed E-state index contributed by atoms with van der Waals surface area (Å²) in [5, 5.41) is 9.25. The molecule has 0 spiro atoms. The van der Waals surface area contributed by atoms with Crippen molar-refractivity contribution in [3.05, 3.63) is 51.8 Å². The van der Waals surface area contributed by atoms with Crippen LogP contribution in [0, 0.1) is 5.82 Å². The van der Waals surface area contributed by atoms with Crippen LogP contribution < -0.4 is 5.69 Å². The summed E-state index contributed by atoms with van der Waals surface area (Å²) in [7, 11) is 0. The Labute approximate surface area is 107 Å². The number of carbonyl (C=O) groups is 1. The number of hydrogen-bond donors (Lipinski definition) is 2. The van der Waals surface area contributed by atoms with Crippen molar-refractivity contribution in [3.63, 3.8) is 0 Å². The predicted octanol–water partition coefficient (Wildman–Crippen LogP) is 1.84. The molecular formula is C13H11FN2O3. The minimum atomic E-state index is -1.18. The van der Waals surface area contributed by atoms with E-state index in [-0.39, 0.29) is 11.3 Å². The average molecular weight is 262 g/mol. The number of hydrogen-bond acceptors (Lipinski definition) is 3. The highest BCUT2D eigenvalue weighted by molar-refractivity contribution is 5.95. The lowest BCUT2D eigenvalue weighted by molar-refractivity contribution is 0.0695. The smallest absolute Gasteiger partial charge is 0.345 e. The zero-order valence-electron chi connectivity index (χ0n) is 10.1. The number of benzene rings is 1. The van der Waals surface area contributed by atoms with E-state index in [4.69, 9.17) is 0 Å². The Hall–Kier alpha value is -2.50. The number of aromatic amines is 1. The van der Waals surface area contributed by atoms with Crippen LogP contribution in [0.4, 0.5) is 4.39 Å². The fraction of sp³-hybridized carbons (Fsp3) is 0.154. The minimum Gasteiger partial charge on any atom is -0.478 e. The molecule has 2 N–H and O–H groups in total. The van der Waals surface area contributed by atoms with Crippen molar-refractivity contribution in [2.45, 2.75) is 13.3 Å². The van der Waals surface area contributed by atoms with Gasteiger partial charge < -0.3 is 10.1 Å². The zero-order valence-corrected chi connectivity index (χ0v) is 10.1. The van der Waals surface area contributed by atoms with Crippen LogP contribution in [0.25, 0.3) is 11.3 Å². The fourth-order valence-electron chi connectivity index (χ4n) is 1.83. The minimum absolute atomic E-state index is 0.0492. The van der Waals surface area contributed by atoms with Crippen LogP contribution in [0.15, 0.2) is 29.1 Å². The summed E-state index contributed by atoms with van der Waals surface area (Å²) in [6.07, 6.45) is 0.355. The summed E-state index contributed by atoms with van der Waals surface area (Å²) in [4.78, 5) is 28.9. The van der Waals surface area contributed by atoms with Crippen LogP contribution >= 0.6 is 0 Å². The van der Waals surface area contributed by atoms with Crippen LogP contribution in [-0.2, 0) is 6.42 Å². The van der Waals surface area contributed by atoms with Gasteiger partial charge in [-0.05, 0) is 30.7 Å². The molecule has 0 amide bonds. The first-order chi connectivity index (χ1) is 9.02. The molecule has 0 saturated carbocycles. The molecule has 0 aliphatic rings. The number of aromatic carboxylic acids is 1. The maximum Gasteiger partial charge on any atom is 0.345 e. The number of nitrogens with one attached hydrogen (secondary N) is 1. The largest absolute Gasteiger partial charge is 0.478 e. The molecule has 0 radical (unpaired) electrons. The summed E-state index contributed by atoms with van der Waals surface area (Å²) in [6, 6.07) is 5.16. The van der Waals surface area contributed by atoms with Crippen LogP contribution in [0.2, 0.25) is 0 Å². The van der Waals surface area contributed by atoms with Crippen LogP contribution in [0.1, 0.15) is 23.0 Å². The van der Waals surface area contributed by atoms with Crippen molar-refractivity contribution in [2.24, 2.45) is 0 Å². The van der Waals surface area contributed by atoms with Crippen molar-refractivity contribution in [3.8, 4) is 11.3 Å². The summed E-state index contributed by atoms with van der Waals surface area (Å²) < 4.78 is 12.9. The first-order valence-electron chi connectivity index (χ1n) is 5.65. The Bertz CT molecular complexity index is 677. The number of rotatable bonds is 3. The number of aromatic nitrogens is 2. The van der Waals surface area contributed by atoms with Gasteiger partial charge in [0.15, 0.2) is 0 Å². The molecule has 6 heteroatoms. The van der Waals surface area contributed by atoms with Gasteiger partial charge in [0.25, 0.3) is 0 Å². The monoisotopic (exact) mass is 262 g/mol. The van der Waals surface area contributed by atoms with E-state index in [1.807, 2.05) is 0 Å². The van der Waals surface area contributed by atoms with Gasteiger partial charge in [-0.15, -0.1) is 0 Å². The molecule has 0 bridgehead atoms. The van der Waals surface area contributed by atoms with Crippen molar-refractivity contribution < 1.29 is 14.3 Å². The van der Waals surface area contributed by atoms with E-state index in [1.54, 1.807) is 6.92 Å². The van der Waals surface area contributed by atoms with Gasteiger partial charge in [-0.1, -0.05) is 6.92 Å². The lowest BCUT2D eigenvalue weighted by Gasteiger charge is -2.08. The molecule has 0 aliphatic heterocycles. The Kier molecular flexibility index (Phi) is 3.41. The molecule has 2 aromatic rings. The van der Waals surface area contributed by atoms with E-state index < -0.39 is 17.5 Å². The molecule has 0 fully saturated rings. The summed E-state index contributed by atoms with van der Waals surface area (Å²) in [5.74, 6) is -1.62. The lowest BCUT2D eigenvalue weighted by Crippen LogP contribution is -2.19. The van der Waals surface area contributed by atoms with Gasteiger partial charge in [-0.25, -0.2) is 14.0 Å². The van der Waals surface area contributed by atoms with Crippen molar-refractivity contribution in [1.82, 2.24) is 9.97 Å². The molecule has 19 heavy (non-hydrogen) atoms. The van der Waals surface area contributed by atoms with Gasteiger partial charge in [0, 0.05) is 11.3 Å². The molecule has 1 aromatic heterocycles. The average Bonchev–Trinajstić information content (AvgIpc) is 2.38. The van der Waals surface area contributed by atoms with Crippen molar-refractivity contribution in [1.29, 1.82) is 0 Å². The molecule has 98 valence electrons. The van der Waals surface area contributed by atoms with Crippen LogP contribution in [0.5, 0.6) is 0 Å². The molecule has 0 aliphatic carbocycles. The van der Waals surface area contributed by atoms with Gasteiger partial charge in [-0.3, -0.25) is 0 Å². The number of aryl methyl sites for hydroxylation is 1. The number of H-pyrrole nitrogens is 1. The third kappa shape index (κ3) is 2.52. The van der Waals surface area contributed by atoms with E-state index >= 15 is 0 Å². The second-order valence-electron chi connectivity index (χ2n) is 3.91. The number of carboxylic acids is 1. The Morgan fingerprint density at radius 3 is 2.53 bits per heavy atom. The Morgan fingerprint density at radius 2 is 2.00 bits per heavy atom. The SMILES string of the molecule is CCc1[nH]c(=O)nc(-c2ccc(F)cc2)c1C(=O)O. The molecule has 0 unspecified atom stereocenters. The first kappa shape index (κ1) is 12.9. The highest BCUT2D eigenvalue weighted by atomic mass is 19.1. The third-order valence-corrected chi connectivity index (χ3v) is 2.69. The Morgan fingerprint density at radius 1 is 1.37 bits per heavy atom. The number of nitrogens with zero attached hydrogens (tertiary/aromatic N) is 1. The quantitative estimate of drug-likeness (QED) is 0.884. The number of carboxylic acid groups (broad SMARTS) is 1. The molecular weight excluding hydrogens is 251 g/mol. The third-order valence-electron chi connectivity index (χ3n) is 2.69. The zero-order chi connectivity index (χ0) is 14.0. The maximum atomic E-state index is 12.9. The molecule has 0 saturated heterocycles. The molecule has 5 nitrogen and oxygen atoms in total. The Balaban J connectivity index is 2.74. The van der Waals surface area contributed by atoms with Crippen LogP contribution in [0.3, 0.4) is 0 Å². The molecule has 0 atom stereocenters. The normalized spacial score (nSPS) is 10.4. The van der Waals surface area contributed by atoms with E-state index in [9.17, 15) is 19.1 Å². The first-order valence-corrected chi connectivity index (χ1v) is 5.65. The highest BCUT2D eigenvalue weighted by Gasteiger charge is 2.19. The van der Waals surface area contributed by atoms with Crippen molar-refractivity contribution >= 4 is 5.97 Å². The van der Waals surface area contributed by atoms with E-state index in [0.717, 1.165) is 0 Å². The van der Waals surface area contributed by atoms with Gasteiger partial charge in [0.05, 0.1) is 5.69 Å². The predicted molar refractivity (Wildman–Crippen MR) is 66.6 cm³/mol. The number of halogens is 1. The van der Waals surface area contributed by atoms with E-state index in [0.29, 0.717) is 17.7 Å². The fourth-order valence-corrected chi connectivity index (χ4v) is 1.83. The lowest BCUT2D eigenvalue weighted by atomic mass is 10.0. The van der Waals surface area contributed by atoms with E-state index in [1.165, 1.54) is 24.3 Å². The van der Waals surface area contributed by atoms with Gasteiger partial charge in [0.2, 0.25) is 0 Å². The second kappa shape index (κ2) is 5.01. The topological polar surface area (TPSA) is 83.0 Å². The summed E-state index contributed by atoms with van der Waals surface area (Å²) >= 11 is 0.